The summed E-state index contributed by atoms with van der Waals surface area (Å²) in [6.45, 7) is 3.29. The van der Waals surface area contributed by atoms with E-state index in [1.807, 2.05) is 30.3 Å². The number of ether oxygens (including phenoxy) is 1. The molecule has 1 saturated carbocycles. The summed E-state index contributed by atoms with van der Waals surface area (Å²) in [5, 5.41) is 6.95. The number of rotatable bonds is 8. The Bertz CT molecular complexity index is 725. The van der Waals surface area contributed by atoms with Crippen LogP contribution in [0, 0.1) is 5.92 Å². The van der Waals surface area contributed by atoms with Crippen LogP contribution in [0.3, 0.4) is 0 Å². The van der Waals surface area contributed by atoms with Crippen molar-refractivity contribution in [3.8, 4) is 11.5 Å². The molecule has 0 spiro atoms. The Morgan fingerprint density at radius 1 is 1.32 bits per heavy atom. The molecule has 0 aliphatic heterocycles. The second kappa shape index (κ2) is 11.1. The summed E-state index contributed by atoms with van der Waals surface area (Å²) in [7, 11) is 0. The van der Waals surface area contributed by atoms with E-state index in [0.717, 1.165) is 31.4 Å². The van der Waals surface area contributed by atoms with Crippen LogP contribution >= 0.6 is 12.4 Å². The number of amides is 1. The first-order valence-corrected chi connectivity index (χ1v) is 9.70. The summed E-state index contributed by atoms with van der Waals surface area (Å²) in [6.07, 6.45) is 3.90. The van der Waals surface area contributed by atoms with E-state index >= 15 is 0 Å². The second-order valence-corrected chi connectivity index (χ2v) is 7.01. The molecule has 3 rings (SSSR count). The molecule has 1 fully saturated rings. The number of carbonyl (C=O) groups is 1. The van der Waals surface area contributed by atoms with Crippen LogP contribution in [0.4, 0.5) is 0 Å². The van der Waals surface area contributed by atoms with Crippen LogP contribution in [-0.4, -0.2) is 41.3 Å². The highest BCUT2D eigenvalue weighted by atomic mass is 35.5. The second-order valence-electron chi connectivity index (χ2n) is 7.01. The van der Waals surface area contributed by atoms with Crippen molar-refractivity contribution in [2.45, 2.75) is 51.2 Å². The van der Waals surface area contributed by atoms with Crippen molar-refractivity contribution >= 4 is 18.3 Å². The Morgan fingerprint density at radius 3 is 2.82 bits per heavy atom. The van der Waals surface area contributed by atoms with E-state index in [-0.39, 0.29) is 36.4 Å². The maximum atomic E-state index is 12.4. The summed E-state index contributed by atoms with van der Waals surface area (Å²) >= 11 is 0. The minimum absolute atomic E-state index is 0. The molecule has 2 aromatic rings. The van der Waals surface area contributed by atoms with Crippen LogP contribution in [0.2, 0.25) is 0 Å². The molecule has 1 amide bonds. The van der Waals surface area contributed by atoms with Crippen LogP contribution in [0.15, 0.2) is 34.9 Å². The highest BCUT2D eigenvalue weighted by Crippen LogP contribution is 2.26. The molecule has 1 heterocycles. The van der Waals surface area contributed by atoms with E-state index in [9.17, 15) is 4.79 Å². The van der Waals surface area contributed by atoms with Crippen molar-refractivity contribution in [1.82, 2.24) is 15.5 Å². The lowest BCUT2D eigenvalue weighted by Gasteiger charge is -2.33. The van der Waals surface area contributed by atoms with Gasteiger partial charge >= 0.3 is 0 Å². The fraction of sp³-hybridized carbons (Fsp3) is 0.550. The average Bonchev–Trinajstić information content (AvgIpc) is 3.16. The number of nitrogens with zero attached hydrogens (tertiary/aromatic N) is 2. The molecule has 0 bridgehead atoms. The standard InChI is InChI=1S/C20H28N4O3.ClH/c1-2-12-26-17-9-8-15(13-16(17)21)19(25)22-11-10-18-23-20(27-24-18)14-6-4-3-5-7-14;/h3-7,15-17H,2,8-13,21H2,1H3,(H,22,25);1H/t15-,16+,17+;/m0./s1. The zero-order valence-electron chi connectivity index (χ0n) is 16.2. The molecular formula is C20H29ClN4O3. The SMILES string of the molecule is CCCO[C@@H]1CC[C@H](C(=O)NCCc2noc(-c3ccccc3)n2)C[C@H]1N.Cl. The highest BCUT2D eigenvalue weighted by Gasteiger charge is 2.32. The van der Waals surface area contributed by atoms with Gasteiger partial charge < -0.3 is 20.3 Å². The smallest absolute Gasteiger partial charge is 0.257 e. The normalized spacial score (nSPS) is 21.7. The van der Waals surface area contributed by atoms with Gasteiger partial charge in [-0.25, -0.2) is 0 Å². The van der Waals surface area contributed by atoms with E-state index in [0.29, 0.717) is 31.1 Å². The predicted octanol–water partition coefficient (Wildman–Crippen LogP) is 2.74. The summed E-state index contributed by atoms with van der Waals surface area (Å²) in [6, 6.07) is 9.54. The quantitative estimate of drug-likeness (QED) is 0.696. The lowest BCUT2D eigenvalue weighted by Crippen LogP contribution is -2.46. The predicted molar refractivity (Wildman–Crippen MR) is 109 cm³/mol. The molecule has 28 heavy (non-hydrogen) atoms. The molecule has 1 aliphatic carbocycles. The number of nitrogens with two attached hydrogens (primary N) is 1. The molecule has 0 unspecified atom stereocenters. The van der Waals surface area contributed by atoms with Crippen LogP contribution in [-0.2, 0) is 16.0 Å². The number of carbonyl (C=O) groups excluding carboxylic acids is 1. The molecule has 7 nitrogen and oxygen atoms in total. The zero-order valence-corrected chi connectivity index (χ0v) is 17.0. The van der Waals surface area contributed by atoms with Crippen molar-refractivity contribution < 1.29 is 14.1 Å². The molecule has 154 valence electrons. The Labute approximate surface area is 171 Å². The van der Waals surface area contributed by atoms with Crippen LogP contribution in [0.25, 0.3) is 11.5 Å². The first-order chi connectivity index (χ1) is 13.2. The van der Waals surface area contributed by atoms with E-state index in [2.05, 4.69) is 22.4 Å². The average molecular weight is 409 g/mol. The van der Waals surface area contributed by atoms with Gasteiger partial charge in [-0.2, -0.15) is 4.98 Å². The van der Waals surface area contributed by atoms with Gasteiger partial charge in [0.1, 0.15) is 0 Å². The molecule has 8 heteroatoms. The fourth-order valence-corrected chi connectivity index (χ4v) is 3.39. The zero-order chi connectivity index (χ0) is 19.1. The number of hydrogen-bond donors (Lipinski definition) is 2. The van der Waals surface area contributed by atoms with E-state index < -0.39 is 0 Å². The number of halogens is 1. The molecule has 0 radical (unpaired) electrons. The third-order valence-electron chi connectivity index (χ3n) is 4.88. The maximum Gasteiger partial charge on any atom is 0.257 e. The van der Waals surface area contributed by atoms with Gasteiger partial charge in [0.25, 0.3) is 5.89 Å². The van der Waals surface area contributed by atoms with E-state index in [1.165, 1.54) is 0 Å². The molecule has 0 saturated heterocycles. The fourth-order valence-electron chi connectivity index (χ4n) is 3.39. The first-order valence-electron chi connectivity index (χ1n) is 9.70. The molecule has 3 N–H and O–H groups in total. The van der Waals surface area contributed by atoms with Gasteiger partial charge in [0, 0.05) is 37.1 Å². The van der Waals surface area contributed by atoms with Gasteiger partial charge in [0.05, 0.1) is 6.10 Å². The third-order valence-corrected chi connectivity index (χ3v) is 4.88. The third kappa shape index (κ3) is 6.02. The van der Waals surface area contributed by atoms with Crippen molar-refractivity contribution in [3.63, 3.8) is 0 Å². The lowest BCUT2D eigenvalue weighted by molar-refractivity contribution is -0.127. The summed E-state index contributed by atoms with van der Waals surface area (Å²) in [4.78, 5) is 16.8. The number of hydrogen-bond acceptors (Lipinski definition) is 6. The topological polar surface area (TPSA) is 103 Å². The Balaban J connectivity index is 0.00000280. The molecular weight excluding hydrogens is 380 g/mol. The molecule has 3 atom stereocenters. The molecule has 1 aliphatic rings. The summed E-state index contributed by atoms with van der Waals surface area (Å²) < 4.78 is 11.0. The Morgan fingerprint density at radius 2 is 2.11 bits per heavy atom. The van der Waals surface area contributed by atoms with Crippen LogP contribution < -0.4 is 11.1 Å². The molecule has 1 aromatic heterocycles. The number of nitrogens with one attached hydrogen (secondary N) is 1. The van der Waals surface area contributed by atoms with E-state index in [4.69, 9.17) is 15.0 Å². The number of benzene rings is 1. The van der Waals surface area contributed by atoms with Crippen molar-refractivity contribution in [2.75, 3.05) is 13.2 Å². The summed E-state index contributed by atoms with van der Waals surface area (Å²) in [5.74, 6) is 1.08. The van der Waals surface area contributed by atoms with Gasteiger partial charge in [-0.15, -0.1) is 12.4 Å². The maximum absolute atomic E-state index is 12.4. The monoisotopic (exact) mass is 408 g/mol. The highest BCUT2D eigenvalue weighted by molar-refractivity contribution is 5.85. The first kappa shape index (κ1) is 22.3. The van der Waals surface area contributed by atoms with Crippen molar-refractivity contribution in [3.05, 3.63) is 36.2 Å². The van der Waals surface area contributed by atoms with Gasteiger partial charge in [-0.1, -0.05) is 30.3 Å². The van der Waals surface area contributed by atoms with Gasteiger partial charge in [-0.3, -0.25) is 4.79 Å². The van der Waals surface area contributed by atoms with Crippen molar-refractivity contribution in [2.24, 2.45) is 11.7 Å². The Hall–Kier alpha value is -1.96. The van der Waals surface area contributed by atoms with Crippen LogP contribution in [0.5, 0.6) is 0 Å². The largest absolute Gasteiger partial charge is 0.377 e. The van der Waals surface area contributed by atoms with Gasteiger partial charge in [0.2, 0.25) is 5.91 Å². The minimum atomic E-state index is -0.0771. The minimum Gasteiger partial charge on any atom is -0.377 e. The van der Waals surface area contributed by atoms with Crippen LogP contribution in [0.1, 0.15) is 38.4 Å². The van der Waals surface area contributed by atoms with E-state index in [1.54, 1.807) is 0 Å². The summed E-state index contributed by atoms with van der Waals surface area (Å²) in [5.41, 5.74) is 7.07. The van der Waals surface area contributed by atoms with Gasteiger partial charge in [-0.05, 0) is 37.8 Å². The number of aromatic nitrogens is 2. The Kier molecular flexibility index (Phi) is 8.89. The lowest BCUT2D eigenvalue weighted by atomic mass is 9.83. The molecule has 1 aromatic carbocycles. The van der Waals surface area contributed by atoms with Gasteiger partial charge in [0.15, 0.2) is 5.82 Å². The van der Waals surface area contributed by atoms with Crippen molar-refractivity contribution in [1.29, 1.82) is 0 Å².